The van der Waals surface area contributed by atoms with E-state index >= 15 is 8.78 Å². The van der Waals surface area contributed by atoms with E-state index < -0.39 is 17.9 Å². The third-order valence-corrected chi connectivity index (χ3v) is 10.2. The van der Waals surface area contributed by atoms with Gasteiger partial charge in [-0.2, -0.15) is 8.78 Å². The van der Waals surface area contributed by atoms with E-state index in [1.807, 2.05) is 50.2 Å². The van der Waals surface area contributed by atoms with Crippen molar-refractivity contribution in [3.63, 3.8) is 0 Å². The Morgan fingerprint density at radius 3 is 2.27 bits per heavy atom. The van der Waals surface area contributed by atoms with Gasteiger partial charge in [0, 0.05) is 41.2 Å². The van der Waals surface area contributed by atoms with Gasteiger partial charge in [0.1, 0.15) is 5.75 Å². The van der Waals surface area contributed by atoms with Crippen LogP contribution in [0.15, 0.2) is 77.7 Å². The van der Waals surface area contributed by atoms with Gasteiger partial charge in [0.15, 0.2) is 6.04 Å². The molecule has 6 rings (SSSR count). The number of likely N-dealkylation sites (tertiary alicyclic amines) is 1. The zero-order valence-corrected chi connectivity index (χ0v) is 27.7. The Hall–Kier alpha value is -2.65. The van der Waals surface area contributed by atoms with Crippen LogP contribution in [0, 0.1) is 11.8 Å². The molecule has 1 amide bonds. The number of nitrogens with zero attached hydrogens (tertiary/aromatic N) is 1. The fraction of sp³-hybridized carbons (Fsp3) is 0.472. The van der Waals surface area contributed by atoms with Gasteiger partial charge < -0.3 is 15.0 Å². The molecule has 3 atom stereocenters. The first-order valence-corrected chi connectivity index (χ1v) is 17.5. The molecular formula is C36H44ClF2N3O2S. The molecule has 9 heteroatoms. The highest BCUT2D eigenvalue weighted by molar-refractivity contribution is 7.97. The number of fused-ring (bicyclic) bond motifs is 1. The van der Waals surface area contributed by atoms with E-state index in [2.05, 4.69) is 10.0 Å². The summed E-state index contributed by atoms with van der Waals surface area (Å²) < 4.78 is 41.5. The summed E-state index contributed by atoms with van der Waals surface area (Å²) in [5, 5.41) is 3.92. The number of carbonyl (C=O) groups excluding carboxylic acids is 1. The molecule has 3 aliphatic rings. The van der Waals surface area contributed by atoms with E-state index in [0.717, 1.165) is 46.7 Å². The molecular weight excluding hydrogens is 612 g/mol. The number of ether oxygens (including phenoxy) is 1. The van der Waals surface area contributed by atoms with Gasteiger partial charge in [-0.15, -0.1) is 0 Å². The van der Waals surface area contributed by atoms with Gasteiger partial charge >= 0.3 is 0 Å². The molecule has 3 aromatic carbocycles. The van der Waals surface area contributed by atoms with Crippen molar-refractivity contribution in [2.45, 2.75) is 75.3 Å². The Morgan fingerprint density at radius 2 is 1.60 bits per heavy atom. The normalized spacial score (nSPS) is 20.7. The first-order chi connectivity index (χ1) is 21.9. The summed E-state index contributed by atoms with van der Waals surface area (Å²) in [5.41, 5.74) is 1.47. The van der Waals surface area contributed by atoms with Crippen molar-refractivity contribution in [1.29, 1.82) is 0 Å². The second-order valence-electron chi connectivity index (χ2n) is 12.0. The van der Waals surface area contributed by atoms with Gasteiger partial charge in [0.05, 0.1) is 6.61 Å². The van der Waals surface area contributed by atoms with Crippen LogP contribution in [0.1, 0.15) is 57.9 Å². The van der Waals surface area contributed by atoms with E-state index in [9.17, 15) is 4.79 Å². The fourth-order valence-corrected chi connectivity index (χ4v) is 7.46. The summed E-state index contributed by atoms with van der Waals surface area (Å²) in [6, 6.07) is 19.1. The molecule has 2 heterocycles. The highest BCUT2D eigenvalue weighted by Crippen LogP contribution is 2.38. The Balaban J connectivity index is 0.00000196. The number of halogens is 3. The molecule has 0 spiro atoms. The zero-order valence-electron chi connectivity index (χ0n) is 26.1. The molecule has 5 nitrogen and oxygen atoms in total. The molecule has 242 valence electrons. The predicted octanol–water partition coefficient (Wildman–Crippen LogP) is 8.57. The molecule has 3 unspecified atom stereocenters. The Labute approximate surface area is 275 Å². The molecule has 0 bridgehead atoms. The minimum Gasteiger partial charge on any atom is -0.493 e. The largest absolute Gasteiger partial charge is 0.493 e. The topological polar surface area (TPSA) is 53.6 Å². The minimum absolute atomic E-state index is 0.0505. The summed E-state index contributed by atoms with van der Waals surface area (Å²) in [7, 11) is 0. The number of alkyl halides is 2. The third kappa shape index (κ3) is 8.20. The lowest BCUT2D eigenvalue weighted by atomic mass is 9.90. The number of hydrogen-bond donors (Lipinski definition) is 2. The van der Waals surface area contributed by atoms with Gasteiger partial charge in [-0.25, -0.2) is 4.72 Å². The van der Waals surface area contributed by atoms with Gasteiger partial charge in [-0.3, -0.25) is 4.79 Å². The first kappa shape index (κ1) is 33.7. The number of amides is 1. The summed E-state index contributed by atoms with van der Waals surface area (Å²) >= 11 is 7.06. The Kier molecular flexibility index (Phi) is 11.8. The van der Waals surface area contributed by atoms with Gasteiger partial charge in [-0.1, -0.05) is 81.1 Å². The van der Waals surface area contributed by atoms with Crippen LogP contribution in [-0.2, 0) is 10.7 Å². The number of rotatable bonds is 10. The van der Waals surface area contributed by atoms with Crippen LogP contribution in [0.2, 0.25) is 5.02 Å². The standard InChI is InChI=1S/C34H38ClF2N3O2S.C2H6/c35-28-12-8-25(9-13-28)24-6-10-27(11-7-24)34(36,37)32(33(41)40-19-18-26-20-38-21-31(26)40)39-43-30-16-14-29(15-17-30)42-22-23-4-2-1-3-5-23;1-2/h6-17,23,26,31-32,38-39H,1-5,18-22H2;1-2H3. The summed E-state index contributed by atoms with van der Waals surface area (Å²) in [5.74, 6) is -2.34. The maximum Gasteiger partial charge on any atom is 0.298 e. The molecule has 45 heavy (non-hydrogen) atoms. The molecule has 0 radical (unpaired) electrons. The number of hydrogen-bond acceptors (Lipinski definition) is 5. The van der Waals surface area contributed by atoms with E-state index in [1.165, 1.54) is 44.2 Å². The molecule has 1 aliphatic carbocycles. The van der Waals surface area contributed by atoms with Crippen molar-refractivity contribution < 1.29 is 18.3 Å². The van der Waals surface area contributed by atoms with E-state index in [0.29, 0.717) is 36.6 Å². The third-order valence-electron chi connectivity index (χ3n) is 9.11. The SMILES string of the molecule is CC.O=C(C(NSc1ccc(OCC2CCCCC2)cc1)C(F)(F)c1ccc(-c2ccc(Cl)cc2)cc1)N1CCC2CNCC21. The van der Waals surface area contributed by atoms with E-state index in [-0.39, 0.29) is 11.6 Å². The number of nitrogens with one attached hydrogen (secondary N) is 2. The summed E-state index contributed by atoms with van der Waals surface area (Å²) in [6.45, 7) is 6.66. The molecule has 0 aromatic heterocycles. The van der Waals surface area contributed by atoms with Crippen LogP contribution in [0.4, 0.5) is 8.78 Å². The summed E-state index contributed by atoms with van der Waals surface area (Å²) in [4.78, 5) is 16.2. The van der Waals surface area contributed by atoms with Gasteiger partial charge in [-0.05, 0) is 90.6 Å². The second kappa shape index (κ2) is 15.8. The van der Waals surface area contributed by atoms with Gasteiger partial charge in [0.2, 0.25) is 5.91 Å². The van der Waals surface area contributed by atoms with Crippen LogP contribution in [0.3, 0.4) is 0 Å². The van der Waals surface area contributed by atoms with Crippen molar-refractivity contribution >= 4 is 29.5 Å². The highest BCUT2D eigenvalue weighted by Gasteiger charge is 2.51. The maximum atomic E-state index is 16.3. The van der Waals surface area contributed by atoms with E-state index in [1.54, 1.807) is 29.2 Å². The van der Waals surface area contributed by atoms with Crippen LogP contribution in [0.5, 0.6) is 5.75 Å². The molecule has 2 saturated heterocycles. The Morgan fingerprint density at radius 1 is 0.956 bits per heavy atom. The van der Waals surface area contributed by atoms with Crippen molar-refractivity contribution in [3.05, 3.63) is 83.4 Å². The second-order valence-corrected chi connectivity index (χ2v) is 13.3. The highest BCUT2D eigenvalue weighted by atomic mass is 35.5. The van der Waals surface area contributed by atoms with Crippen LogP contribution in [-0.4, -0.2) is 49.1 Å². The zero-order chi connectivity index (χ0) is 31.8. The quantitative estimate of drug-likeness (QED) is 0.214. The van der Waals surface area contributed by atoms with Crippen molar-refractivity contribution in [2.24, 2.45) is 11.8 Å². The van der Waals surface area contributed by atoms with Crippen LogP contribution in [0.25, 0.3) is 11.1 Å². The van der Waals surface area contributed by atoms with Crippen LogP contribution >= 0.6 is 23.5 Å². The number of carbonyl (C=O) groups is 1. The molecule has 3 aromatic rings. The molecule has 2 N–H and O–H groups in total. The predicted molar refractivity (Wildman–Crippen MR) is 180 cm³/mol. The van der Waals surface area contributed by atoms with Crippen LogP contribution < -0.4 is 14.8 Å². The Bertz CT molecular complexity index is 1370. The monoisotopic (exact) mass is 655 g/mol. The van der Waals surface area contributed by atoms with Crippen molar-refractivity contribution in [1.82, 2.24) is 14.9 Å². The average molecular weight is 656 g/mol. The maximum absolute atomic E-state index is 16.3. The fourth-order valence-electron chi connectivity index (χ4n) is 6.56. The molecule has 2 aliphatic heterocycles. The lowest BCUT2D eigenvalue weighted by Crippen LogP contribution is -2.54. The lowest BCUT2D eigenvalue weighted by molar-refractivity contribution is -0.145. The van der Waals surface area contributed by atoms with E-state index in [4.69, 9.17) is 16.3 Å². The van der Waals surface area contributed by atoms with Crippen molar-refractivity contribution in [3.8, 4) is 16.9 Å². The lowest BCUT2D eigenvalue weighted by Gasteiger charge is -2.33. The number of benzene rings is 3. The summed E-state index contributed by atoms with van der Waals surface area (Å²) in [6.07, 6.45) is 7.08. The smallest absolute Gasteiger partial charge is 0.298 e. The molecule has 1 saturated carbocycles. The first-order valence-electron chi connectivity index (χ1n) is 16.3. The van der Waals surface area contributed by atoms with Crippen molar-refractivity contribution in [2.75, 3.05) is 26.2 Å². The van der Waals surface area contributed by atoms with Gasteiger partial charge in [0.25, 0.3) is 5.92 Å². The molecule has 3 fully saturated rings. The minimum atomic E-state index is -3.45. The average Bonchev–Trinajstić information content (AvgIpc) is 3.71.